The fourth-order valence-electron chi connectivity index (χ4n) is 5.47. The third-order valence-electron chi connectivity index (χ3n) is 6.59. The maximum Gasteiger partial charge on any atom is 0.317 e. The first-order valence-electron chi connectivity index (χ1n) is 9.73. The lowest BCUT2D eigenvalue weighted by molar-refractivity contribution is -0.142. The van der Waals surface area contributed by atoms with Crippen LogP contribution in [-0.4, -0.2) is 40.6 Å². The summed E-state index contributed by atoms with van der Waals surface area (Å²) in [5, 5.41) is 12.3. The van der Waals surface area contributed by atoms with Crippen LogP contribution in [0.2, 0.25) is 0 Å². The first-order valence-corrected chi connectivity index (χ1v) is 9.73. The Balaban J connectivity index is 1.55. The van der Waals surface area contributed by atoms with Gasteiger partial charge < -0.3 is 15.3 Å². The number of carbonyl (C=O) groups excluding carboxylic acids is 1. The highest BCUT2D eigenvalue weighted by Crippen LogP contribution is 2.51. The summed E-state index contributed by atoms with van der Waals surface area (Å²) in [5.41, 5.74) is 0.366. The van der Waals surface area contributed by atoms with Crippen molar-refractivity contribution in [3.63, 3.8) is 0 Å². The Hall–Kier alpha value is -1.26. The molecule has 0 aromatic rings. The van der Waals surface area contributed by atoms with Crippen LogP contribution in [0, 0.1) is 17.3 Å². The summed E-state index contributed by atoms with van der Waals surface area (Å²) in [5.74, 6) is -0.428. The van der Waals surface area contributed by atoms with Crippen LogP contribution >= 0.6 is 0 Å². The van der Waals surface area contributed by atoms with E-state index in [1.807, 2.05) is 0 Å². The number of aliphatic carboxylic acids is 1. The lowest BCUT2D eigenvalue weighted by Crippen LogP contribution is -2.70. The number of carboxylic acids is 1. The van der Waals surface area contributed by atoms with E-state index in [0.717, 1.165) is 19.4 Å². The Morgan fingerprint density at radius 2 is 1.71 bits per heavy atom. The van der Waals surface area contributed by atoms with E-state index >= 15 is 0 Å². The van der Waals surface area contributed by atoms with Gasteiger partial charge in [0.05, 0.1) is 5.92 Å². The van der Waals surface area contributed by atoms with Gasteiger partial charge in [0.25, 0.3) is 0 Å². The number of likely N-dealkylation sites (tertiary alicyclic amines) is 1. The van der Waals surface area contributed by atoms with E-state index in [9.17, 15) is 9.59 Å². The third kappa shape index (κ3) is 3.27. The number of amides is 2. The number of urea groups is 1. The van der Waals surface area contributed by atoms with E-state index in [4.69, 9.17) is 5.11 Å². The van der Waals surface area contributed by atoms with Crippen LogP contribution in [0.25, 0.3) is 0 Å². The van der Waals surface area contributed by atoms with E-state index in [1.54, 1.807) is 0 Å². The molecule has 3 aliphatic rings. The molecule has 2 N–H and O–H groups in total. The first-order chi connectivity index (χ1) is 11.4. The van der Waals surface area contributed by atoms with Crippen molar-refractivity contribution in [3.05, 3.63) is 0 Å². The molecule has 2 aliphatic carbocycles. The van der Waals surface area contributed by atoms with Crippen molar-refractivity contribution in [2.75, 3.05) is 6.54 Å². The molecule has 136 valence electrons. The quantitative estimate of drug-likeness (QED) is 0.827. The standard InChI is InChI=1S/C19H32N2O3/c1-13(2)16-19(10-4-3-5-11-19)12-21(16)18(24)20-15-8-6-14(7-9-15)17(22)23/h13-16H,3-12H2,1-2H3,(H,20,24)(H,22,23). The molecule has 1 saturated heterocycles. The van der Waals surface area contributed by atoms with Gasteiger partial charge in [-0.1, -0.05) is 33.1 Å². The van der Waals surface area contributed by atoms with Crippen LogP contribution in [0.5, 0.6) is 0 Å². The molecule has 1 spiro atoms. The minimum atomic E-state index is -0.693. The summed E-state index contributed by atoms with van der Waals surface area (Å²) in [4.78, 5) is 25.8. The summed E-state index contributed by atoms with van der Waals surface area (Å²) in [6.07, 6.45) is 9.41. The van der Waals surface area contributed by atoms with Gasteiger partial charge in [-0.05, 0) is 44.4 Å². The van der Waals surface area contributed by atoms with Crippen molar-refractivity contribution < 1.29 is 14.7 Å². The molecule has 24 heavy (non-hydrogen) atoms. The monoisotopic (exact) mass is 336 g/mol. The van der Waals surface area contributed by atoms with E-state index in [0.29, 0.717) is 30.2 Å². The highest BCUT2D eigenvalue weighted by molar-refractivity contribution is 5.76. The van der Waals surface area contributed by atoms with Crippen molar-refractivity contribution in [1.29, 1.82) is 0 Å². The average molecular weight is 336 g/mol. The minimum Gasteiger partial charge on any atom is -0.481 e. The molecule has 2 saturated carbocycles. The number of rotatable bonds is 3. The lowest BCUT2D eigenvalue weighted by Gasteiger charge is -2.61. The van der Waals surface area contributed by atoms with E-state index in [1.165, 1.54) is 32.1 Å². The third-order valence-corrected chi connectivity index (χ3v) is 6.59. The molecule has 0 bridgehead atoms. The summed E-state index contributed by atoms with van der Waals surface area (Å²) >= 11 is 0. The predicted molar refractivity (Wildman–Crippen MR) is 92.8 cm³/mol. The molecule has 0 radical (unpaired) electrons. The van der Waals surface area contributed by atoms with Gasteiger partial charge in [0.1, 0.15) is 0 Å². The Morgan fingerprint density at radius 3 is 2.25 bits per heavy atom. The molecule has 5 nitrogen and oxygen atoms in total. The Kier molecular flexibility index (Phi) is 5.07. The van der Waals surface area contributed by atoms with Crippen molar-refractivity contribution in [2.45, 2.75) is 83.7 Å². The van der Waals surface area contributed by atoms with Crippen LogP contribution in [-0.2, 0) is 4.79 Å². The van der Waals surface area contributed by atoms with Gasteiger partial charge in [-0.3, -0.25) is 4.79 Å². The summed E-state index contributed by atoms with van der Waals surface area (Å²) in [7, 11) is 0. The van der Waals surface area contributed by atoms with Gasteiger partial charge in [-0.15, -0.1) is 0 Å². The molecule has 2 amide bonds. The van der Waals surface area contributed by atoms with E-state index in [-0.39, 0.29) is 18.0 Å². The number of hydrogen-bond acceptors (Lipinski definition) is 2. The number of carboxylic acid groups (broad SMARTS) is 1. The number of carbonyl (C=O) groups is 2. The van der Waals surface area contributed by atoms with Crippen LogP contribution in [0.1, 0.15) is 71.6 Å². The molecule has 3 rings (SSSR count). The molecule has 5 heteroatoms. The molecule has 1 unspecified atom stereocenters. The summed E-state index contributed by atoms with van der Waals surface area (Å²) in [6, 6.07) is 0.584. The van der Waals surface area contributed by atoms with Gasteiger partial charge in [0.2, 0.25) is 0 Å². The Bertz CT molecular complexity index is 477. The topological polar surface area (TPSA) is 69.6 Å². The average Bonchev–Trinajstić information content (AvgIpc) is 2.53. The van der Waals surface area contributed by atoms with Gasteiger partial charge in [0.15, 0.2) is 0 Å². The first kappa shape index (κ1) is 17.6. The summed E-state index contributed by atoms with van der Waals surface area (Å²) in [6.45, 7) is 5.38. The van der Waals surface area contributed by atoms with Gasteiger partial charge in [-0.2, -0.15) is 0 Å². The van der Waals surface area contributed by atoms with Crippen LogP contribution in [0.4, 0.5) is 4.79 Å². The zero-order chi connectivity index (χ0) is 17.3. The second kappa shape index (κ2) is 6.93. The molecule has 3 fully saturated rings. The SMILES string of the molecule is CC(C)C1N(C(=O)NC2CCC(C(=O)O)CC2)CC12CCCCC2. The molecular weight excluding hydrogens is 304 g/mol. The molecule has 1 atom stereocenters. The van der Waals surface area contributed by atoms with Crippen molar-refractivity contribution in [3.8, 4) is 0 Å². The van der Waals surface area contributed by atoms with Crippen molar-refractivity contribution in [2.24, 2.45) is 17.3 Å². The molecule has 0 aromatic heterocycles. The maximum atomic E-state index is 12.7. The number of hydrogen-bond donors (Lipinski definition) is 2. The zero-order valence-corrected chi connectivity index (χ0v) is 15.1. The molecular formula is C19H32N2O3. The highest BCUT2D eigenvalue weighted by Gasteiger charge is 2.55. The van der Waals surface area contributed by atoms with Gasteiger partial charge >= 0.3 is 12.0 Å². The zero-order valence-electron chi connectivity index (χ0n) is 15.1. The van der Waals surface area contributed by atoms with E-state index in [2.05, 4.69) is 24.1 Å². The highest BCUT2D eigenvalue weighted by atomic mass is 16.4. The fourth-order valence-corrected chi connectivity index (χ4v) is 5.47. The van der Waals surface area contributed by atoms with Crippen molar-refractivity contribution >= 4 is 12.0 Å². The lowest BCUT2D eigenvalue weighted by atomic mass is 9.60. The van der Waals surface area contributed by atoms with Crippen LogP contribution < -0.4 is 5.32 Å². The van der Waals surface area contributed by atoms with Crippen molar-refractivity contribution in [1.82, 2.24) is 10.2 Å². The predicted octanol–water partition coefficient (Wildman–Crippen LogP) is 3.63. The fraction of sp³-hybridized carbons (Fsp3) is 0.895. The minimum absolute atomic E-state index is 0.0728. The van der Waals surface area contributed by atoms with Gasteiger partial charge in [0, 0.05) is 24.0 Å². The van der Waals surface area contributed by atoms with Crippen LogP contribution in [0.15, 0.2) is 0 Å². The number of nitrogens with one attached hydrogen (secondary N) is 1. The second-order valence-electron chi connectivity index (χ2n) is 8.58. The molecule has 1 aliphatic heterocycles. The molecule has 1 heterocycles. The normalized spacial score (nSPS) is 32.5. The molecule has 0 aromatic carbocycles. The van der Waals surface area contributed by atoms with E-state index < -0.39 is 5.97 Å². The maximum absolute atomic E-state index is 12.7. The smallest absolute Gasteiger partial charge is 0.317 e. The van der Waals surface area contributed by atoms with Gasteiger partial charge in [-0.25, -0.2) is 4.79 Å². The second-order valence-corrected chi connectivity index (χ2v) is 8.58. The van der Waals surface area contributed by atoms with Crippen LogP contribution in [0.3, 0.4) is 0 Å². The number of nitrogens with zero attached hydrogens (tertiary/aromatic N) is 1. The summed E-state index contributed by atoms with van der Waals surface area (Å²) < 4.78 is 0. The Labute approximate surface area is 145 Å². The Morgan fingerprint density at radius 1 is 1.08 bits per heavy atom. The largest absolute Gasteiger partial charge is 0.481 e.